The average Bonchev–Trinajstić information content (AvgIpc) is 2.54. The van der Waals surface area contributed by atoms with Crippen molar-refractivity contribution in [2.45, 2.75) is 26.9 Å². The van der Waals surface area contributed by atoms with Gasteiger partial charge >= 0.3 is 0 Å². The molecule has 1 aromatic heterocycles. The van der Waals surface area contributed by atoms with E-state index in [1.807, 2.05) is 30.8 Å². The molecule has 0 atom stereocenters. The fraction of sp³-hybridized carbons (Fsp3) is 0.357. The summed E-state index contributed by atoms with van der Waals surface area (Å²) in [5, 5.41) is 9.13. The maximum atomic E-state index is 5.97. The van der Waals surface area contributed by atoms with E-state index in [9.17, 15) is 0 Å². The second-order valence-corrected chi connectivity index (χ2v) is 5.53. The van der Waals surface area contributed by atoms with Crippen molar-refractivity contribution in [1.29, 1.82) is 0 Å². The summed E-state index contributed by atoms with van der Waals surface area (Å²) in [6.45, 7) is 5.62. The molecule has 0 fully saturated rings. The number of nitrogens with zero attached hydrogens (tertiary/aromatic N) is 2. The van der Waals surface area contributed by atoms with Gasteiger partial charge in [-0.15, -0.1) is 0 Å². The monoisotopic (exact) mass is 297 g/mol. The van der Waals surface area contributed by atoms with E-state index in [0.29, 0.717) is 10.0 Å². The summed E-state index contributed by atoms with van der Waals surface area (Å²) < 4.78 is 1.91. The predicted molar refractivity (Wildman–Crippen MR) is 79.7 cm³/mol. The average molecular weight is 298 g/mol. The largest absolute Gasteiger partial charge is 0.308 e. The van der Waals surface area contributed by atoms with Crippen molar-refractivity contribution in [1.82, 2.24) is 15.1 Å². The molecular formula is C14H17Cl2N3. The fourth-order valence-corrected chi connectivity index (χ4v) is 2.69. The molecule has 1 aromatic carbocycles. The smallest absolute Gasteiger partial charge is 0.0641 e. The zero-order valence-corrected chi connectivity index (χ0v) is 12.8. The van der Waals surface area contributed by atoms with Crippen LogP contribution in [0.1, 0.15) is 22.5 Å². The highest BCUT2D eigenvalue weighted by Gasteiger charge is 2.08. The minimum absolute atomic E-state index is 0.665. The van der Waals surface area contributed by atoms with Crippen LogP contribution < -0.4 is 5.32 Å². The Balaban J connectivity index is 2.00. The number of halogens is 2. The molecule has 0 saturated heterocycles. The molecule has 0 amide bonds. The van der Waals surface area contributed by atoms with Gasteiger partial charge in [0.1, 0.15) is 0 Å². The second kappa shape index (κ2) is 5.95. The Morgan fingerprint density at radius 1 is 1.11 bits per heavy atom. The van der Waals surface area contributed by atoms with Crippen LogP contribution in [0.2, 0.25) is 10.0 Å². The molecule has 5 heteroatoms. The molecule has 2 rings (SSSR count). The van der Waals surface area contributed by atoms with E-state index in [2.05, 4.69) is 17.3 Å². The lowest BCUT2D eigenvalue weighted by atomic mass is 10.2. The van der Waals surface area contributed by atoms with Crippen molar-refractivity contribution in [3.8, 4) is 0 Å². The number of rotatable bonds is 4. The van der Waals surface area contributed by atoms with E-state index < -0.39 is 0 Å². The lowest BCUT2D eigenvalue weighted by Gasteiger charge is -2.07. The molecule has 0 saturated carbocycles. The Labute approximate surface area is 123 Å². The van der Waals surface area contributed by atoms with Crippen LogP contribution in [0.25, 0.3) is 0 Å². The van der Waals surface area contributed by atoms with Crippen molar-refractivity contribution in [2.75, 3.05) is 0 Å². The van der Waals surface area contributed by atoms with Gasteiger partial charge in [0, 0.05) is 41.4 Å². The summed E-state index contributed by atoms with van der Waals surface area (Å²) in [5.74, 6) is 0. The van der Waals surface area contributed by atoms with Gasteiger partial charge < -0.3 is 5.32 Å². The first-order valence-electron chi connectivity index (χ1n) is 6.12. The predicted octanol–water partition coefficient (Wildman–Crippen LogP) is 3.63. The molecular weight excluding hydrogens is 281 g/mol. The number of hydrogen-bond donors (Lipinski definition) is 1. The van der Waals surface area contributed by atoms with Gasteiger partial charge in [0.2, 0.25) is 0 Å². The molecule has 3 nitrogen and oxygen atoms in total. The summed E-state index contributed by atoms with van der Waals surface area (Å²) >= 11 is 11.9. The Bertz CT molecular complexity index is 570. The van der Waals surface area contributed by atoms with Crippen molar-refractivity contribution in [3.63, 3.8) is 0 Å². The van der Waals surface area contributed by atoms with Crippen LogP contribution in [-0.4, -0.2) is 9.78 Å². The Hall–Kier alpha value is -1.03. The van der Waals surface area contributed by atoms with E-state index in [1.54, 1.807) is 6.07 Å². The fourth-order valence-electron chi connectivity index (χ4n) is 2.12. The zero-order valence-electron chi connectivity index (χ0n) is 11.3. The van der Waals surface area contributed by atoms with Gasteiger partial charge in [0.05, 0.1) is 5.69 Å². The molecule has 2 aromatic rings. The molecule has 0 aliphatic heterocycles. The standard InChI is InChI=1S/C14H17Cl2N3/c1-9-14(10(2)19(3)18-9)8-17-7-11-4-12(15)6-13(16)5-11/h4-6,17H,7-8H2,1-3H3. The summed E-state index contributed by atoms with van der Waals surface area (Å²) in [5.41, 5.74) is 4.58. The highest BCUT2D eigenvalue weighted by atomic mass is 35.5. The molecule has 102 valence electrons. The molecule has 19 heavy (non-hydrogen) atoms. The third kappa shape index (κ3) is 3.50. The van der Waals surface area contributed by atoms with Gasteiger partial charge in [0.25, 0.3) is 0 Å². The molecule has 0 unspecified atom stereocenters. The normalized spacial score (nSPS) is 11.0. The Morgan fingerprint density at radius 2 is 1.74 bits per heavy atom. The topological polar surface area (TPSA) is 29.9 Å². The van der Waals surface area contributed by atoms with Gasteiger partial charge in [-0.3, -0.25) is 4.68 Å². The first-order chi connectivity index (χ1) is 8.97. The van der Waals surface area contributed by atoms with E-state index >= 15 is 0 Å². The Morgan fingerprint density at radius 3 is 2.26 bits per heavy atom. The molecule has 0 bridgehead atoms. The van der Waals surface area contributed by atoms with Crippen LogP contribution in [-0.2, 0) is 20.1 Å². The van der Waals surface area contributed by atoms with Crippen LogP contribution in [0.15, 0.2) is 18.2 Å². The number of aromatic nitrogens is 2. The van der Waals surface area contributed by atoms with Crippen molar-refractivity contribution in [3.05, 3.63) is 50.8 Å². The van der Waals surface area contributed by atoms with Gasteiger partial charge in [0.15, 0.2) is 0 Å². The number of benzene rings is 1. The zero-order chi connectivity index (χ0) is 14.0. The molecule has 0 aliphatic rings. The minimum Gasteiger partial charge on any atom is -0.308 e. The molecule has 0 spiro atoms. The summed E-state index contributed by atoms with van der Waals surface area (Å²) in [7, 11) is 1.96. The molecule has 1 heterocycles. The van der Waals surface area contributed by atoms with Gasteiger partial charge in [-0.05, 0) is 37.6 Å². The van der Waals surface area contributed by atoms with Crippen LogP contribution in [0.5, 0.6) is 0 Å². The number of aryl methyl sites for hydroxylation is 2. The van der Waals surface area contributed by atoms with Crippen LogP contribution >= 0.6 is 23.2 Å². The third-order valence-corrected chi connectivity index (χ3v) is 3.65. The minimum atomic E-state index is 0.665. The summed E-state index contributed by atoms with van der Waals surface area (Å²) in [4.78, 5) is 0. The lowest BCUT2D eigenvalue weighted by Crippen LogP contribution is -2.14. The van der Waals surface area contributed by atoms with Crippen molar-refractivity contribution in [2.24, 2.45) is 7.05 Å². The van der Waals surface area contributed by atoms with Crippen LogP contribution in [0.3, 0.4) is 0 Å². The van der Waals surface area contributed by atoms with E-state index in [1.165, 1.54) is 11.3 Å². The summed E-state index contributed by atoms with van der Waals surface area (Å²) in [6.07, 6.45) is 0. The SMILES string of the molecule is Cc1nn(C)c(C)c1CNCc1cc(Cl)cc(Cl)c1. The first kappa shape index (κ1) is 14.4. The van der Waals surface area contributed by atoms with Crippen LogP contribution in [0, 0.1) is 13.8 Å². The van der Waals surface area contributed by atoms with Gasteiger partial charge in [-0.25, -0.2) is 0 Å². The molecule has 0 radical (unpaired) electrons. The molecule has 1 N–H and O–H groups in total. The van der Waals surface area contributed by atoms with Gasteiger partial charge in [-0.2, -0.15) is 5.10 Å². The van der Waals surface area contributed by atoms with E-state index in [0.717, 1.165) is 24.3 Å². The van der Waals surface area contributed by atoms with E-state index in [4.69, 9.17) is 23.2 Å². The summed E-state index contributed by atoms with van der Waals surface area (Å²) in [6, 6.07) is 5.58. The molecule has 0 aliphatic carbocycles. The quantitative estimate of drug-likeness (QED) is 0.934. The Kier molecular flexibility index (Phi) is 4.50. The van der Waals surface area contributed by atoms with E-state index in [-0.39, 0.29) is 0 Å². The third-order valence-electron chi connectivity index (χ3n) is 3.21. The lowest BCUT2D eigenvalue weighted by molar-refractivity contribution is 0.684. The van der Waals surface area contributed by atoms with Crippen molar-refractivity contribution < 1.29 is 0 Å². The van der Waals surface area contributed by atoms with Gasteiger partial charge in [-0.1, -0.05) is 23.2 Å². The highest BCUT2D eigenvalue weighted by molar-refractivity contribution is 6.34. The number of hydrogen-bond acceptors (Lipinski definition) is 2. The van der Waals surface area contributed by atoms with Crippen molar-refractivity contribution >= 4 is 23.2 Å². The number of nitrogens with one attached hydrogen (secondary N) is 1. The van der Waals surface area contributed by atoms with Crippen LogP contribution in [0.4, 0.5) is 0 Å². The maximum absolute atomic E-state index is 5.97. The second-order valence-electron chi connectivity index (χ2n) is 4.65. The highest BCUT2D eigenvalue weighted by Crippen LogP contribution is 2.19. The maximum Gasteiger partial charge on any atom is 0.0641 e. The first-order valence-corrected chi connectivity index (χ1v) is 6.87.